The third-order valence-electron chi connectivity index (χ3n) is 2.84. The summed E-state index contributed by atoms with van der Waals surface area (Å²) < 4.78 is 0.881. The second-order valence-corrected chi connectivity index (χ2v) is 5.68. The maximum Gasteiger partial charge on any atom is 0.282 e. The fourth-order valence-corrected chi connectivity index (χ4v) is 2.45. The Morgan fingerprint density at radius 3 is 2.62 bits per heavy atom. The topological polar surface area (TPSA) is 72.2 Å². The zero-order valence-electron chi connectivity index (χ0n) is 10.9. The number of carbonyl (C=O) groups is 1. The van der Waals surface area contributed by atoms with E-state index >= 15 is 0 Å². The number of nitro groups is 1. The minimum absolute atomic E-state index is 0.0742. The van der Waals surface area contributed by atoms with E-state index in [1.807, 2.05) is 13.0 Å². The van der Waals surface area contributed by atoms with Crippen LogP contribution in [0.4, 0.5) is 11.4 Å². The molecule has 0 heterocycles. The van der Waals surface area contributed by atoms with Crippen LogP contribution in [0.1, 0.15) is 15.9 Å². The van der Waals surface area contributed by atoms with E-state index in [0.717, 1.165) is 10.0 Å². The highest BCUT2D eigenvalue weighted by Crippen LogP contribution is 2.25. The van der Waals surface area contributed by atoms with Gasteiger partial charge in [-0.25, -0.2) is 0 Å². The zero-order chi connectivity index (χ0) is 15.6. The predicted octanol–water partition coefficient (Wildman–Crippen LogP) is 4.57. The Morgan fingerprint density at radius 1 is 1.29 bits per heavy atom. The van der Waals surface area contributed by atoms with Crippen LogP contribution in [0.5, 0.6) is 0 Å². The second kappa shape index (κ2) is 6.24. The molecule has 0 radical (unpaired) electrons. The van der Waals surface area contributed by atoms with Crippen molar-refractivity contribution in [2.24, 2.45) is 0 Å². The Balaban J connectivity index is 2.36. The normalized spacial score (nSPS) is 10.2. The SMILES string of the molecule is Cc1cc(Br)ccc1NC(=O)c1cc(Cl)ccc1[N+](=O)[O-]. The van der Waals surface area contributed by atoms with Gasteiger partial charge in [-0.3, -0.25) is 14.9 Å². The average molecular weight is 370 g/mol. The van der Waals surface area contributed by atoms with Gasteiger partial charge in [-0.1, -0.05) is 27.5 Å². The highest BCUT2D eigenvalue weighted by Gasteiger charge is 2.21. The van der Waals surface area contributed by atoms with Gasteiger partial charge in [0.25, 0.3) is 11.6 Å². The quantitative estimate of drug-likeness (QED) is 0.636. The second-order valence-electron chi connectivity index (χ2n) is 4.33. The van der Waals surface area contributed by atoms with Crippen molar-refractivity contribution in [2.75, 3.05) is 5.32 Å². The molecule has 7 heteroatoms. The van der Waals surface area contributed by atoms with E-state index < -0.39 is 10.8 Å². The summed E-state index contributed by atoms with van der Waals surface area (Å²) in [6.45, 7) is 1.83. The van der Waals surface area contributed by atoms with E-state index in [1.165, 1.54) is 18.2 Å². The Bertz CT molecular complexity index is 734. The first-order valence-corrected chi connectivity index (χ1v) is 7.07. The molecule has 0 saturated carbocycles. The molecule has 2 rings (SSSR count). The molecule has 108 valence electrons. The maximum absolute atomic E-state index is 12.2. The number of nitrogens with one attached hydrogen (secondary N) is 1. The number of amides is 1. The van der Waals surface area contributed by atoms with Gasteiger partial charge in [0.1, 0.15) is 5.56 Å². The van der Waals surface area contributed by atoms with Crippen molar-refractivity contribution in [3.63, 3.8) is 0 Å². The average Bonchev–Trinajstić information content (AvgIpc) is 2.41. The van der Waals surface area contributed by atoms with E-state index in [9.17, 15) is 14.9 Å². The lowest BCUT2D eigenvalue weighted by atomic mass is 10.1. The molecule has 0 aromatic heterocycles. The van der Waals surface area contributed by atoms with Gasteiger partial charge in [0.2, 0.25) is 0 Å². The Morgan fingerprint density at radius 2 is 2.00 bits per heavy atom. The van der Waals surface area contributed by atoms with Crippen molar-refractivity contribution in [1.29, 1.82) is 0 Å². The van der Waals surface area contributed by atoms with Gasteiger partial charge >= 0.3 is 0 Å². The first-order chi connectivity index (χ1) is 9.88. The van der Waals surface area contributed by atoms with Crippen LogP contribution in [-0.4, -0.2) is 10.8 Å². The molecule has 5 nitrogen and oxygen atoms in total. The van der Waals surface area contributed by atoms with Crippen LogP contribution in [0, 0.1) is 17.0 Å². The summed E-state index contributed by atoms with van der Waals surface area (Å²) in [5.41, 5.74) is 1.06. The summed E-state index contributed by atoms with van der Waals surface area (Å²) in [5, 5.41) is 13.9. The van der Waals surface area contributed by atoms with Gasteiger partial charge in [0.05, 0.1) is 4.92 Å². The van der Waals surface area contributed by atoms with Crippen molar-refractivity contribution in [2.45, 2.75) is 6.92 Å². The van der Waals surface area contributed by atoms with Crippen molar-refractivity contribution in [1.82, 2.24) is 0 Å². The fraction of sp³-hybridized carbons (Fsp3) is 0.0714. The summed E-state index contributed by atoms with van der Waals surface area (Å²) in [6.07, 6.45) is 0. The monoisotopic (exact) mass is 368 g/mol. The number of anilines is 1. The number of halogens is 2. The van der Waals surface area contributed by atoms with E-state index in [-0.39, 0.29) is 16.3 Å². The highest BCUT2D eigenvalue weighted by molar-refractivity contribution is 9.10. The third kappa shape index (κ3) is 3.59. The van der Waals surface area contributed by atoms with Crippen molar-refractivity contribution >= 4 is 44.8 Å². The molecule has 21 heavy (non-hydrogen) atoms. The van der Waals surface area contributed by atoms with Gasteiger partial charge in [-0.05, 0) is 42.8 Å². The number of nitrogens with zero attached hydrogens (tertiary/aromatic N) is 1. The number of hydrogen-bond donors (Lipinski definition) is 1. The molecule has 0 saturated heterocycles. The smallest absolute Gasteiger partial charge is 0.282 e. The Hall–Kier alpha value is -1.92. The van der Waals surface area contributed by atoms with E-state index in [1.54, 1.807) is 12.1 Å². The van der Waals surface area contributed by atoms with Gasteiger partial charge in [0, 0.05) is 21.2 Å². The third-order valence-corrected chi connectivity index (χ3v) is 3.56. The van der Waals surface area contributed by atoms with Gasteiger partial charge in [-0.15, -0.1) is 0 Å². The Labute approximate surface area is 134 Å². The summed E-state index contributed by atoms with van der Waals surface area (Å²) in [7, 11) is 0. The predicted molar refractivity (Wildman–Crippen MR) is 84.9 cm³/mol. The maximum atomic E-state index is 12.2. The molecule has 0 aliphatic rings. The van der Waals surface area contributed by atoms with E-state index in [4.69, 9.17) is 11.6 Å². The summed E-state index contributed by atoms with van der Waals surface area (Å²) in [6, 6.07) is 9.20. The summed E-state index contributed by atoms with van der Waals surface area (Å²) in [4.78, 5) is 22.6. The van der Waals surface area contributed by atoms with Crippen LogP contribution < -0.4 is 5.32 Å². The first kappa shape index (κ1) is 15.5. The lowest BCUT2D eigenvalue weighted by Crippen LogP contribution is -2.14. The highest BCUT2D eigenvalue weighted by atomic mass is 79.9. The van der Waals surface area contributed by atoms with Crippen molar-refractivity contribution in [3.05, 3.63) is 67.1 Å². The van der Waals surface area contributed by atoms with Crippen molar-refractivity contribution in [3.8, 4) is 0 Å². The number of aryl methyl sites for hydroxylation is 1. The molecule has 2 aromatic carbocycles. The van der Waals surface area contributed by atoms with Crippen LogP contribution in [0.2, 0.25) is 5.02 Å². The summed E-state index contributed by atoms with van der Waals surface area (Å²) in [5.74, 6) is -0.574. The van der Waals surface area contributed by atoms with Crippen LogP contribution in [0.3, 0.4) is 0 Å². The van der Waals surface area contributed by atoms with Crippen LogP contribution in [0.15, 0.2) is 40.9 Å². The fourth-order valence-electron chi connectivity index (χ4n) is 1.81. The molecule has 0 spiro atoms. The van der Waals surface area contributed by atoms with Crippen LogP contribution >= 0.6 is 27.5 Å². The molecule has 0 atom stereocenters. The number of nitro benzene ring substituents is 1. The molecule has 0 aliphatic heterocycles. The summed E-state index contributed by atoms with van der Waals surface area (Å²) >= 11 is 9.14. The van der Waals surface area contributed by atoms with Crippen molar-refractivity contribution < 1.29 is 9.72 Å². The van der Waals surface area contributed by atoms with E-state index in [0.29, 0.717) is 5.69 Å². The first-order valence-electron chi connectivity index (χ1n) is 5.90. The standard InChI is InChI=1S/C14H10BrClN2O3/c1-8-6-9(15)2-4-12(8)17-14(19)11-7-10(16)3-5-13(11)18(20)21/h2-7H,1H3,(H,17,19). The van der Waals surface area contributed by atoms with Gasteiger partial charge in [-0.2, -0.15) is 0 Å². The molecule has 0 unspecified atom stereocenters. The molecule has 1 N–H and O–H groups in total. The number of carbonyl (C=O) groups excluding carboxylic acids is 1. The zero-order valence-corrected chi connectivity index (χ0v) is 13.2. The molecule has 2 aromatic rings. The van der Waals surface area contributed by atoms with E-state index in [2.05, 4.69) is 21.2 Å². The molecular formula is C14H10BrClN2O3. The largest absolute Gasteiger partial charge is 0.322 e. The van der Waals surface area contributed by atoms with Gasteiger partial charge in [0.15, 0.2) is 0 Å². The lowest BCUT2D eigenvalue weighted by molar-refractivity contribution is -0.385. The molecule has 0 fully saturated rings. The van der Waals surface area contributed by atoms with Crippen LogP contribution in [-0.2, 0) is 0 Å². The lowest BCUT2D eigenvalue weighted by Gasteiger charge is -2.09. The number of hydrogen-bond acceptors (Lipinski definition) is 3. The molecule has 0 aliphatic carbocycles. The number of rotatable bonds is 3. The van der Waals surface area contributed by atoms with Crippen LogP contribution in [0.25, 0.3) is 0 Å². The molecule has 1 amide bonds. The van der Waals surface area contributed by atoms with Gasteiger partial charge < -0.3 is 5.32 Å². The minimum Gasteiger partial charge on any atom is -0.322 e. The Kier molecular flexibility index (Phi) is 4.59. The number of benzene rings is 2. The minimum atomic E-state index is -0.611. The molecular weight excluding hydrogens is 360 g/mol. The molecule has 0 bridgehead atoms.